The van der Waals surface area contributed by atoms with Crippen molar-refractivity contribution in [1.82, 2.24) is 5.32 Å². The summed E-state index contributed by atoms with van der Waals surface area (Å²) in [5.74, 6) is 1.13. The van der Waals surface area contributed by atoms with E-state index in [0.717, 1.165) is 12.8 Å². The predicted molar refractivity (Wildman–Crippen MR) is 63.4 cm³/mol. The zero-order chi connectivity index (χ0) is 11.5. The number of rotatable bonds is 3. The van der Waals surface area contributed by atoms with Gasteiger partial charge in [-0.15, -0.1) is 0 Å². The van der Waals surface area contributed by atoms with Gasteiger partial charge >= 0.3 is 0 Å². The van der Waals surface area contributed by atoms with Crippen LogP contribution >= 0.6 is 0 Å². The highest BCUT2D eigenvalue weighted by Gasteiger charge is 2.42. The van der Waals surface area contributed by atoms with Crippen LogP contribution in [0.4, 0.5) is 0 Å². The maximum Gasteiger partial charge on any atom is 0.109 e. The van der Waals surface area contributed by atoms with Crippen LogP contribution in [0, 0.1) is 23.2 Å². The van der Waals surface area contributed by atoms with Gasteiger partial charge in [-0.1, -0.05) is 33.6 Å². The van der Waals surface area contributed by atoms with E-state index in [1.165, 1.54) is 12.8 Å². The minimum Gasteiger partial charge on any atom is -0.297 e. The topological polar surface area (TPSA) is 35.8 Å². The summed E-state index contributed by atoms with van der Waals surface area (Å²) in [4.78, 5) is 0. The van der Waals surface area contributed by atoms with Crippen molar-refractivity contribution in [2.24, 2.45) is 11.8 Å². The number of hydrogen-bond acceptors (Lipinski definition) is 2. The van der Waals surface area contributed by atoms with Crippen LogP contribution in [0.1, 0.15) is 53.4 Å². The Morgan fingerprint density at radius 3 is 2.73 bits per heavy atom. The molecule has 0 bridgehead atoms. The Balaban J connectivity index is 2.78. The van der Waals surface area contributed by atoms with Crippen LogP contribution in [0.2, 0.25) is 0 Å². The lowest BCUT2D eigenvalue weighted by Crippen LogP contribution is -2.56. The summed E-state index contributed by atoms with van der Waals surface area (Å²) in [5, 5.41) is 13.0. The molecule has 86 valence electrons. The van der Waals surface area contributed by atoms with Gasteiger partial charge in [0.1, 0.15) is 5.54 Å². The van der Waals surface area contributed by atoms with E-state index in [9.17, 15) is 5.26 Å². The first-order valence-corrected chi connectivity index (χ1v) is 6.24. The molecule has 2 nitrogen and oxygen atoms in total. The van der Waals surface area contributed by atoms with Gasteiger partial charge < -0.3 is 0 Å². The van der Waals surface area contributed by atoms with Crippen molar-refractivity contribution >= 4 is 0 Å². The van der Waals surface area contributed by atoms with Gasteiger partial charge in [-0.3, -0.25) is 5.32 Å². The first kappa shape index (κ1) is 12.5. The highest BCUT2D eigenvalue weighted by atomic mass is 15.0. The highest BCUT2D eigenvalue weighted by Crippen LogP contribution is 2.37. The van der Waals surface area contributed by atoms with Crippen LogP contribution in [-0.2, 0) is 0 Å². The molecule has 0 aromatic rings. The quantitative estimate of drug-likeness (QED) is 0.773. The van der Waals surface area contributed by atoms with Crippen LogP contribution < -0.4 is 5.32 Å². The normalized spacial score (nSPS) is 38.3. The molecule has 0 aliphatic heterocycles. The SMILES string of the molecule is CCC(C)NC1(C#N)CCCC(C)C1C. The average Bonchev–Trinajstić information content (AvgIpc) is 2.24. The molecule has 2 heteroatoms. The monoisotopic (exact) mass is 208 g/mol. The fourth-order valence-corrected chi connectivity index (χ4v) is 2.60. The van der Waals surface area contributed by atoms with Crippen LogP contribution in [0.3, 0.4) is 0 Å². The summed E-state index contributed by atoms with van der Waals surface area (Å²) in [5.41, 5.74) is -0.271. The summed E-state index contributed by atoms with van der Waals surface area (Å²) < 4.78 is 0. The molecule has 1 fully saturated rings. The van der Waals surface area contributed by atoms with Crippen molar-refractivity contribution < 1.29 is 0 Å². The van der Waals surface area contributed by atoms with Gasteiger partial charge in [0.25, 0.3) is 0 Å². The van der Waals surface area contributed by atoms with E-state index >= 15 is 0 Å². The standard InChI is InChI=1S/C13H24N2/c1-5-11(3)15-13(9-14)8-6-7-10(2)12(13)4/h10-12,15H,5-8H2,1-4H3. The predicted octanol–water partition coefficient (Wildman–Crippen LogP) is 3.09. The van der Waals surface area contributed by atoms with E-state index < -0.39 is 0 Å². The second kappa shape index (κ2) is 4.99. The second-order valence-electron chi connectivity index (χ2n) is 5.19. The number of nitriles is 1. The highest BCUT2D eigenvalue weighted by molar-refractivity contribution is 5.13. The summed E-state index contributed by atoms with van der Waals surface area (Å²) in [6.45, 7) is 8.83. The molecule has 1 aliphatic carbocycles. The van der Waals surface area contributed by atoms with Crippen molar-refractivity contribution in [1.29, 1.82) is 5.26 Å². The third kappa shape index (κ3) is 2.52. The number of nitrogens with one attached hydrogen (secondary N) is 1. The molecule has 15 heavy (non-hydrogen) atoms. The molecule has 0 amide bonds. The van der Waals surface area contributed by atoms with Crippen molar-refractivity contribution in [3.8, 4) is 6.07 Å². The van der Waals surface area contributed by atoms with Crippen LogP contribution in [0.5, 0.6) is 0 Å². The Hall–Kier alpha value is -0.550. The largest absolute Gasteiger partial charge is 0.297 e. The summed E-state index contributed by atoms with van der Waals surface area (Å²) >= 11 is 0. The first-order valence-electron chi connectivity index (χ1n) is 6.24. The van der Waals surface area contributed by atoms with E-state index in [4.69, 9.17) is 0 Å². The van der Waals surface area contributed by atoms with E-state index in [0.29, 0.717) is 17.9 Å². The molecule has 1 aliphatic rings. The van der Waals surface area contributed by atoms with Crippen molar-refractivity contribution in [3.63, 3.8) is 0 Å². The lowest BCUT2D eigenvalue weighted by Gasteiger charge is -2.43. The van der Waals surface area contributed by atoms with Crippen molar-refractivity contribution in [3.05, 3.63) is 0 Å². The van der Waals surface area contributed by atoms with Gasteiger partial charge in [-0.2, -0.15) is 5.26 Å². The first-order chi connectivity index (χ1) is 7.05. The number of nitrogens with zero attached hydrogens (tertiary/aromatic N) is 1. The van der Waals surface area contributed by atoms with Gasteiger partial charge in [-0.05, 0) is 31.6 Å². The Morgan fingerprint density at radius 2 is 2.20 bits per heavy atom. The third-order valence-corrected chi connectivity index (χ3v) is 4.18. The molecule has 4 unspecified atom stereocenters. The molecule has 0 radical (unpaired) electrons. The molecule has 1 saturated carbocycles. The third-order valence-electron chi connectivity index (χ3n) is 4.18. The second-order valence-corrected chi connectivity index (χ2v) is 5.19. The minimum absolute atomic E-state index is 0.271. The van der Waals surface area contributed by atoms with Gasteiger partial charge in [0.2, 0.25) is 0 Å². The smallest absolute Gasteiger partial charge is 0.109 e. The number of hydrogen-bond donors (Lipinski definition) is 1. The molecular formula is C13H24N2. The van der Waals surface area contributed by atoms with E-state index in [2.05, 4.69) is 39.1 Å². The lowest BCUT2D eigenvalue weighted by atomic mass is 9.68. The molecule has 0 heterocycles. The Bertz CT molecular complexity index is 243. The molecule has 1 N–H and O–H groups in total. The molecule has 0 saturated heterocycles. The summed E-state index contributed by atoms with van der Waals surface area (Å²) in [6, 6.07) is 2.99. The molecule has 0 spiro atoms. The van der Waals surface area contributed by atoms with Crippen molar-refractivity contribution in [2.75, 3.05) is 0 Å². The molecular weight excluding hydrogens is 184 g/mol. The van der Waals surface area contributed by atoms with E-state index in [1.807, 2.05) is 0 Å². The minimum atomic E-state index is -0.271. The van der Waals surface area contributed by atoms with Crippen LogP contribution in [-0.4, -0.2) is 11.6 Å². The van der Waals surface area contributed by atoms with Crippen molar-refractivity contribution in [2.45, 2.75) is 65.0 Å². The fourth-order valence-electron chi connectivity index (χ4n) is 2.60. The molecule has 0 aromatic heterocycles. The Kier molecular flexibility index (Phi) is 4.16. The molecule has 1 rings (SSSR count). The lowest BCUT2D eigenvalue weighted by molar-refractivity contribution is 0.140. The summed E-state index contributed by atoms with van der Waals surface area (Å²) in [7, 11) is 0. The van der Waals surface area contributed by atoms with E-state index in [1.54, 1.807) is 0 Å². The molecule has 0 aromatic carbocycles. The zero-order valence-corrected chi connectivity index (χ0v) is 10.5. The van der Waals surface area contributed by atoms with Gasteiger partial charge in [0, 0.05) is 6.04 Å². The maximum absolute atomic E-state index is 9.46. The Morgan fingerprint density at radius 1 is 1.53 bits per heavy atom. The van der Waals surface area contributed by atoms with Gasteiger partial charge in [0.15, 0.2) is 0 Å². The Labute approximate surface area is 94.1 Å². The summed E-state index contributed by atoms with van der Waals surface area (Å²) in [6.07, 6.45) is 4.55. The fraction of sp³-hybridized carbons (Fsp3) is 0.923. The maximum atomic E-state index is 9.46. The average molecular weight is 208 g/mol. The molecule has 4 atom stereocenters. The van der Waals surface area contributed by atoms with Gasteiger partial charge in [0.05, 0.1) is 6.07 Å². The zero-order valence-electron chi connectivity index (χ0n) is 10.5. The van der Waals surface area contributed by atoms with E-state index in [-0.39, 0.29) is 5.54 Å². The van der Waals surface area contributed by atoms with Crippen LogP contribution in [0.15, 0.2) is 0 Å². The van der Waals surface area contributed by atoms with Crippen LogP contribution in [0.25, 0.3) is 0 Å². The van der Waals surface area contributed by atoms with Gasteiger partial charge in [-0.25, -0.2) is 0 Å².